The molecule has 0 radical (unpaired) electrons. The van der Waals surface area contributed by atoms with Crippen LogP contribution in [0, 0.1) is 0 Å². The summed E-state index contributed by atoms with van der Waals surface area (Å²) in [5.74, 6) is 0.179. The Hall–Kier alpha value is -3.40. The van der Waals surface area contributed by atoms with E-state index in [1.54, 1.807) is 30.3 Å². The number of ether oxygens (including phenoxy) is 2. The van der Waals surface area contributed by atoms with Crippen LogP contribution in [0.1, 0.15) is 21.7 Å². The molecule has 1 fully saturated rings. The van der Waals surface area contributed by atoms with Gasteiger partial charge in [0.05, 0.1) is 22.0 Å². The van der Waals surface area contributed by atoms with Crippen molar-refractivity contribution in [2.24, 2.45) is 0 Å². The molecule has 0 spiro atoms. The van der Waals surface area contributed by atoms with Crippen molar-refractivity contribution < 1.29 is 33.4 Å². The Morgan fingerprint density at radius 2 is 1.82 bits per heavy atom. The number of imide groups is 1. The van der Waals surface area contributed by atoms with Crippen molar-refractivity contribution in [1.29, 1.82) is 0 Å². The third-order valence-corrected chi connectivity index (χ3v) is 6.70. The van der Waals surface area contributed by atoms with Crippen LogP contribution in [-0.4, -0.2) is 33.9 Å². The zero-order valence-corrected chi connectivity index (χ0v) is 19.4. The summed E-state index contributed by atoms with van der Waals surface area (Å²) in [6, 6.07) is 11.0. The molecule has 2 aromatic carbocycles. The Kier molecular flexibility index (Phi) is 5.76. The van der Waals surface area contributed by atoms with Gasteiger partial charge in [-0.05, 0) is 47.7 Å². The number of carboxylic acids is 1. The molecule has 8 nitrogen and oxygen atoms in total. The second kappa shape index (κ2) is 8.75. The van der Waals surface area contributed by atoms with E-state index in [1.807, 2.05) is 0 Å². The van der Waals surface area contributed by atoms with Crippen molar-refractivity contribution in [1.82, 2.24) is 4.90 Å². The Labute approximate surface area is 206 Å². The van der Waals surface area contributed by atoms with Crippen molar-refractivity contribution in [3.05, 3.63) is 74.3 Å². The number of nitrogens with zero attached hydrogens (tertiary/aromatic N) is 1. The molecule has 3 heterocycles. The van der Waals surface area contributed by atoms with E-state index in [0.29, 0.717) is 39.2 Å². The smallest absolute Gasteiger partial charge is 0.337 e. The lowest BCUT2D eigenvalue weighted by Gasteiger charge is -2.14. The number of hydrogen-bond donors (Lipinski definition) is 1. The van der Waals surface area contributed by atoms with Crippen molar-refractivity contribution in [2.45, 2.75) is 6.54 Å². The summed E-state index contributed by atoms with van der Waals surface area (Å²) in [6.07, 6.45) is 1.48. The van der Waals surface area contributed by atoms with E-state index in [0.717, 1.165) is 16.7 Å². The minimum atomic E-state index is -1.13. The molecule has 0 unspecified atom stereocenters. The third-order valence-electron chi connectivity index (χ3n) is 5.13. The summed E-state index contributed by atoms with van der Waals surface area (Å²) in [5, 5.41) is 9.10. The molecule has 1 saturated heterocycles. The Morgan fingerprint density at radius 1 is 1.06 bits per heavy atom. The molecule has 2 aliphatic heterocycles. The number of rotatable bonds is 5. The van der Waals surface area contributed by atoms with Crippen LogP contribution in [0.25, 0.3) is 17.4 Å². The highest BCUT2D eigenvalue weighted by molar-refractivity contribution is 8.18. The molecule has 0 bridgehead atoms. The molecule has 5 rings (SSSR count). The zero-order valence-electron chi connectivity index (χ0n) is 17.0. The highest BCUT2D eigenvalue weighted by atomic mass is 35.5. The average molecular weight is 518 g/mol. The van der Waals surface area contributed by atoms with Gasteiger partial charge in [-0.25, -0.2) is 4.79 Å². The second-order valence-corrected chi connectivity index (χ2v) is 9.07. The summed E-state index contributed by atoms with van der Waals surface area (Å²) in [5.41, 5.74) is 1.10. The van der Waals surface area contributed by atoms with Gasteiger partial charge in [-0.15, -0.1) is 0 Å². The van der Waals surface area contributed by atoms with Crippen LogP contribution in [0.3, 0.4) is 0 Å². The van der Waals surface area contributed by atoms with Gasteiger partial charge in [0.25, 0.3) is 11.1 Å². The van der Waals surface area contributed by atoms with Crippen LogP contribution in [0.5, 0.6) is 11.5 Å². The van der Waals surface area contributed by atoms with E-state index in [2.05, 4.69) is 0 Å². The van der Waals surface area contributed by atoms with Crippen molar-refractivity contribution in [2.75, 3.05) is 6.79 Å². The summed E-state index contributed by atoms with van der Waals surface area (Å²) in [7, 11) is 0. The van der Waals surface area contributed by atoms with Gasteiger partial charge in [-0.2, -0.15) is 0 Å². The van der Waals surface area contributed by atoms with Gasteiger partial charge >= 0.3 is 5.97 Å². The molecule has 34 heavy (non-hydrogen) atoms. The first-order valence-electron chi connectivity index (χ1n) is 9.76. The molecule has 2 amide bonds. The topological polar surface area (TPSA) is 106 Å². The predicted octanol–water partition coefficient (Wildman–Crippen LogP) is 5.92. The van der Waals surface area contributed by atoms with Crippen LogP contribution in [-0.2, 0) is 11.3 Å². The lowest BCUT2D eigenvalue weighted by molar-refractivity contribution is -0.123. The number of halogens is 2. The number of carbonyl (C=O) groups excluding carboxylic acids is 2. The average Bonchev–Trinajstić information content (AvgIpc) is 3.50. The molecule has 0 aliphatic carbocycles. The molecule has 3 aromatic rings. The fourth-order valence-corrected chi connectivity index (χ4v) is 4.74. The molecule has 0 atom stereocenters. The maximum absolute atomic E-state index is 12.9. The van der Waals surface area contributed by atoms with E-state index >= 15 is 0 Å². The number of benzene rings is 2. The summed E-state index contributed by atoms with van der Waals surface area (Å²) in [4.78, 5) is 37.8. The maximum atomic E-state index is 12.9. The summed E-state index contributed by atoms with van der Waals surface area (Å²) in [6.45, 7) is 0.0653. The highest BCUT2D eigenvalue weighted by Crippen LogP contribution is 2.39. The largest absolute Gasteiger partial charge is 0.478 e. The molecule has 0 saturated carbocycles. The van der Waals surface area contributed by atoms with Gasteiger partial charge in [-0.1, -0.05) is 29.3 Å². The number of carboxylic acid groups (broad SMARTS) is 1. The minimum absolute atomic E-state index is 0.0185. The van der Waals surface area contributed by atoms with E-state index < -0.39 is 17.1 Å². The first-order chi connectivity index (χ1) is 16.3. The molecule has 2 aliphatic rings. The van der Waals surface area contributed by atoms with E-state index in [9.17, 15) is 14.4 Å². The van der Waals surface area contributed by atoms with Gasteiger partial charge < -0.3 is 19.0 Å². The van der Waals surface area contributed by atoms with Gasteiger partial charge in [0.1, 0.15) is 11.5 Å². The third kappa shape index (κ3) is 4.13. The minimum Gasteiger partial charge on any atom is -0.478 e. The fraction of sp³-hybridized carbons (Fsp3) is 0.0870. The standard InChI is InChI=1S/C23H13Cl2NO7S/c24-15-8-19-18(31-10-32-19)6-12(15)9-26-21(27)20(34-23(26)30)7-13-2-4-17(33-13)11-1-3-14(22(28)29)16(25)5-11/h1-8H,9-10H2,(H,28,29)/b20-7-. The lowest BCUT2D eigenvalue weighted by Crippen LogP contribution is -2.27. The number of amides is 2. The first-order valence-corrected chi connectivity index (χ1v) is 11.3. The normalized spacial score (nSPS) is 16.1. The highest BCUT2D eigenvalue weighted by Gasteiger charge is 2.36. The number of fused-ring (bicyclic) bond motifs is 1. The van der Waals surface area contributed by atoms with Crippen molar-refractivity contribution >= 4 is 58.2 Å². The van der Waals surface area contributed by atoms with Crippen LogP contribution in [0.15, 0.2) is 51.8 Å². The van der Waals surface area contributed by atoms with Crippen LogP contribution >= 0.6 is 35.0 Å². The Morgan fingerprint density at radius 3 is 2.56 bits per heavy atom. The molecule has 1 aromatic heterocycles. The van der Waals surface area contributed by atoms with Crippen molar-refractivity contribution in [3.63, 3.8) is 0 Å². The molecule has 11 heteroatoms. The lowest BCUT2D eigenvalue weighted by atomic mass is 10.1. The quantitative estimate of drug-likeness (QED) is 0.415. The fourth-order valence-electron chi connectivity index (χ4n) is 3.44. The van der Waals surface area contributed by atoms with Crippen LogP contribution < -0.4 is 9.47 Å². The van der Waals surface area contributed by atoms with E-state index in [4.69, 9.17) is 42.2 Å². The Balaban J connectivity index is 1.35. The zero-order chi connectivity index (χ0) is 24.0. The maximum Gasteiger partial charge on any atom is 0.337 e. The molecule has 172 valence electrons. The van der Waals surface area contributed by atoms with Gasteiger partial charge in [0, 0.05) is 22.7 Å². The molecule has 1 N–H and O–H groups in total. The van der Waals surface area contributed by atoms with Crippen LogP contribution in [0.4, 0.5) is 4.79 Å². The Bertz CT molecular complexity index is 1400. The number of carbonyl (C=O) groups is 3. The summed E-state index contributed by atoms with van der Waals surface area (Å²) < 4.78 is 16.4. The number of aromatic carboxylic acids is 1. The van der Waals surface area contributed by atoms with Gasteiger partial charge in [0.2, 0.25) is 6.79 Å². The SMILES string of the molecule is O=C(O)c1ccc(-c2ccc(/C=C3\SC(=O)N(Cc4cc5c(cc4Cl)OCO5)C3=O)o2)cc1Cl. The monoisotopic (exact) mass is 517 g/mol. The van der Waals surface area contributed by atoms with E-state index in [1.165, 1.54) is 18.2 Å². The second-order valence-electron chi connectivity index (χ2n) is 7.27. The first kappa shape index (κ1) is 22.4. The van der Waals surface area contributed by atoms with Gasteiger partial charge in [-0.3, -0.25) is 14.5 Å². The van der Waals surface area contributed by atoms with Crippen LogP contribution in [0.2, 0.25) is 10.0 Å². The molecular weight excluding hydrogens is 505 g/mol. The van der Waals surface area contributed by atoms with Gasteiger partial charge in [0.15, 0.2) is 11.5 Å². The summed E-state index contributed by atoms with van der Waals surface area (Å²) >= 11 is 13.1. The number of hydrogen-bond acceptors (Lipinski definition) is 7. The van der Waals surface area contributed by atoms with Crippen molar-refractivity contribution in [3.8, 4) is 22.8 Å². The number of thioether (sulfide) groups is 1. The predicted molar refractivity (Wildman–Crippen MR) is 125 cm³/mol. The van der Waals surface area contributed by atoms with E-state index in [-0.39, 0.29) is 28.8 Å². The molecular formula is C23H13Cl2NO7S. The number of furan rings is 1.